The number of fused-ring (bicyclic) bond motifs is 1. The SMILES string of the molecule is CN1CCCCC(C2CC(c3ccccc3)c3ccc(Cl)cc32)CC1(C)C. The lowest BCUT2D eigenvalue weighted by Gasteiger charge is -2.42. The number of nitrogens with zero attached hydrogens (tertiary/aromatic N) is 1. The molecule has 0 spiro atoms. The fraction of sp³-hybridized carbons (Fsp3) is 0.520. The van der Waals surface area contributed by atoms with Gasteiger partial charge in [0.1, 0.15) is 0 Å². The Bertz CT molecular complexity index is 782. The molecule has 3 atom stereocenters. The monoisotopic (exact) mass is 381 g/mol. The van der Waals surface area contributed by atoms with Gasteiger partial charge in [-0.25, -0.2) is 0 Å². The summed E-state index contributed by atoms with van der Waals surface area (Å²) in [7, 11) is 2.30. The van der Waals surface area contributed by atoms with Crippen LogP contribution in [0.25, 0.3) is 0 Å². The van der Waals surface area contributed by atoms with E-state index in [1.54, 1.807) is 0 Å². The Labute approximate surface area is 169 Å². The second-order valence-electron chi connectivity index (χ2n) is 9.27. The van der Waals surface area contributed by atoms with Crippen LogP contribution in [0.3, 0.4) is 0 Å². The zero-order valence-corrected chi connectivity index (χ0v) is 17.7. The molecule has 0 aromatic heterocycles. The van der Waals surface area contributed by atoms with E-state index in [1.165, 1.54) is 55.3 Å². The highest BCUT2D eigenvalue weighted by Crippen LogP contribution is 2.52. The van der Waals surface area contributed by atoms with Crippen LogP contribution in [0.2, 0.25) is 5.02 Å². The van der Waals surface area contributed by atoms with Crippen molar-refractivity contribution in [3.63, 3.8) is 0 Å². The zero-order valence-electron chi connectivity index (χ0n) is 16.9. The van der Waals surface area contributed by atoms with E-state index in [-0.39, 0.29) is 5.54 Å². The smallest absolute Gasteiger partial charge is 0.0409 e. The molecule has 1 heterocycles. The van der Waals surface area contributed by atoms with E-state index in [2.05, 4.69) is 74.3 Å². The Morgan fingerprint density at radius 2 is 1.78 bits per heavy atom. The molecule has 3 unspecified atom stereocenters. The number of hydrogen-bond donors (Lipinski definition) is 0. The van der Waals surface area contributed by atoms with Crippen LogP contribution in [0.4, 0.5) is 0 Å². The molecule has 0 saturated carbocycles. The van der Waals surface area contributed by atoms with E-state index in [9.17, 15) is 0 Å². The third-order valence-electron chi connectivity index (χ3n) is 7.20. The van der Waals surface area contributed by atoms with Gasteiger partial charge in [0.15, 0.2) is 0 Å². The molecule has 1 nitrogen and oxygen atoms in total. The minimum Gasteiger partial charge on any atom is -0.301 e. The number of hydrogen-bond acceptors (Lipinski definition) is 1. The van der Waals surface area contributed by atoms with Crippen LogP contribution in [0, 0.1) is 5.92 Å². The normalized spacial score (nSPS) is 28.4. The maximum atomic E-state index is 6.45. The lowest BCUT2D eigenvalue weighted by molar-refractivity contribution is 0.0951. The molecule has 4 rings (SSSR count). The largest absolute Gasteiger partial charge is 0.301 e. The second-order valence-corrected chi connectivity index (χ2v) is 9.71. The van der Waals surface area contributed by atoms with Gasteiger partial charge in [-0.1, -0.05) is 54.4 Å². The minimum atomic E-state index is 0.259. The highest BCUT2D eigenvalue weighted by Gasteiger charge is 2.39. The van der Waals surface area contributed by atoms with Crippen LogP contribution in [-0.2, 0) is 0 Å². The van der Waals surface area contributed by atoms with Crippen molar-refractivity contribution in [3.8, 4) is 0 Å². The summed E-state index contributed by atoms with van der Waals surface area (Å²) in [5, 5.41) is 0.884. The van der Waals surface area contributed by atoms with Gasteiger partial charge in [-0.2, -0.15) is 0 Å². The molecule has 144 valence electrons. The topological polar surface area (TPSA) is 3.24 Å². The summed E-state index contributed by atoms with van der Waals surface area (Å²) in [6.07, 6.45) is 6.49. The van der Waals surface area contributed by atoms with Gasteiger partial charge in [0, 0.05) is 16.5 Å². The van der Waals surface area contributed by atoms with Gasteiger partial charge in [-0.3, -0.25) is 0 Å². The standard InChI is InChI=1S/C25H32ClN/c1-25(2)17-19(11-7-8-14-27(25)3)23-16-22(18-9-5-4-6-10-18)21-13-12-20(26)15-24(21)23/h4-6,9-10,12-13,15,19,22-23H,7-8,11,14,16-17H2,1-3H3. The molecule has 2 aromatic rings. The van der Waals surface area contributed by atoms with Gasteiger partial charge in [-0.15, -0.1) is 0 Å². The number of rotatable bonds is 2. The van der Waals surface area contributed by atoms with Crippen molar-refractivity contribution < 1.29 is 0 Å². The molecule has 1 aliphatic heterocycles. The van der Waals surface area contributed by atoms with Gasteiger partial charge >= 0.3 is 0 Å². The first kappa shape index (κ1) is 19.0. The third-order valence-corrected chi connectivity index (χ3v) is 7.43. The Morgan fingerprint density at radius 3 is 2.56 bits per heavy atom. The zero-order chi connectivity index (χ0) is 19.0. The minimum absolute atomic E-state index is 0.259. The van der Waals surface area contributed by atoms with E-state index in [1.807, 2.05) is 0 Å². The molecular weight excluding hydrogens is 350 g/mol. The highest BCUT2D eigenvalue weighted by molar-refractivity contribution is 6.30. The molecule has 0 radical (unpaired) electrons. The van der Waals surface area contributed by atoms with Crippen molar-refractivity contribution >= 4 is 11.6 Å². The molecule has 27 heavy (non-hydrogen) atoms. The first-order valence-electron chi connectivity index (χ1n) is 10.5. The first-order chi connectivity index (χ1) is 13.0. The van der Waals surface area contributed by atoms with Crippen molar-refractivity contribution in [1.29, 1.82) is 0 Å². The molecule has 0 N–H and O–H groups in total. The molecule has 2 aliphatic rings. The van der Waals surface area contributed by atoms with Crippen LogP contribution >= 0.6 is 11.6 Å². The summed E-state index contributed by atoms with van der Waals surface area (Å²) in [4.78, 5) is 2.57. The van der Waals surface area contributed by atoms with Crippen molar-refractivity contribution in [2.45, 2.75) is 63.3 Å². The number of benzene rings is 2. The summed E-state index contributed by atoms with van der Waals surface area (Å²) in [6.45, 7) is 6.07. The first-order valence-corrected chi connectivity index (χ1v) is 10.9. The maximum absolute atomic E-state index is 6.45. The maximum Gasteiger partial charge on any atom is 0.0409 e. The van der Waals surface area contributed by atoms with Crippen molar-refractivity contribution in [3.05, 3.63) is 70.2 Å². The summed E-state index contributed by atoms with van der Waals surface area (Å²) >= 11 is 6.45. The summed E-state index contributed by atoms with van der Waals surface area (Å²) in [6, 6.07) is 17.7. The Kier molecular flexibility index (Phi) is 5.36. The molecule has 2 aromatic carbocycles. The molecule has 2 heteroatoms. The fourth-order valence-electron chi connectivity index (χ4n) is 5.44. The van der Waals surface area contributed by atoms with Crippen molar-refractivity contribution in [2.24, 2.45) is 5.92 Å². The lowest BCUT2D eigenvalue weighted by atomic mass is 9.75. The Morgan fingerprint density at radius 1 is 1.00 bits per heavy atom. The van der Waals surface area contributed by atoms with Gasteiger partial charge in [0.05, 0.1) is 0 Å². The third kappa shape index (κ3) is 3.82. The van der Waals surface area contributed by atoms with E-state index in [4.69, 9.17) is 11.6 Å². The number of likely N-dealkylation sites (tertiary alicyclic amines) is 1. The predicted molar refractivity (Wildman–Crippen MR) is 116 cm³/mol. The van der Waals surface area contributed by atoms with E-state index >= 15 is 0 Å². The molecule has 0 amide bonds. The number of halogens is 1. The summed E-state index contributed by atoms with van der Waals surface area (Å²) < 4.78 is 0. The van der Waals surface area contributed by atoms with Gasteiger partial charge in [0.2, 0.25) is 0 Å². The van der Waals surface area contributed by atoms with E-state index in [0.717, 1.165) is 10.9 Å². The van der Waals surface area contributed by atoms with Crippen LogP contribution in [-0.4, -0.2) is 24.0 Å². The fourth-order valence-corrected chi connectivity index (χ4v) is 5.62. The Hall–Kier alpha value is -1.31. The lowest BCUT2D eigenvalue weighted by Crippen LogP contribution is -2.44. The summed E-state index contributed by atoms with van der Waals surface area (Å²) in [5.41, 5.74) is 4.73. The molecule has 1 aliphatic carbocycles. The molecule has 1 saturated heterocycles. The average Bonchev–Trinajstić information content (AvgIpc) is 3.02. The van der Waals surface area contributed by atoms with Gasteiger partial charge in [-0.05, 0) is 93.8 Å². The van der Waals surface area contributed by atoms with Crippen molar-refractivity contribution in [1.82, 2.24) is 4.90 Å². The van der Waals surface area contributed by atoms with Crippen LogP contribution in [0.15, 0.2) is 48.5 Å². The Balaban J connectivity index is 1.70. The molecule has 1 fully saturated rings. The quantitative estimate of drug-likeness (QED) is 0.549. The van der Waals surface area contributed by atoms with Gasteiger partial charge in [0.25, 0.3) is 0 Å². The highest BCUT2D eigenvalue weighted by atomic mass is 35.5. The second kappa shape index (κ2) is 7.60. The van der Waals surface area contributed by atoms with Crippen molar-refractivity contribution in [2.75, 3.05) is 13.6 Å². The van der Waals surface area contributed by atoms with E-state index in [0.29, 0.717) is 11.8 Å². The average molecular weight is 382 g/mol. The van der Waals surface area contributed by atoms with E-state index < -0.39 is 0 Å². The van der Waals surface area contributed by atoms with Crippen LogP contribution < -0.4 is 0 Å². The predicted octanol–water partition coefficient (Wildman–Crippen LogP) is 6.86. The van der Waals surface area contributed by atoms with Gasteiger partial charge < -0.3 is 4.90 Å². The molecular formula is C25H32ClN. The van der Waals surface area contributed by atoms with Crippen LogP contribution in [0.1, 0.15) is 74.5 Å². The van der Waals surface area contributed by atoms with Crippen LogP contribution in [0.5, 0.6) is 0 Å². The molecule has 0 bridgehead atoms. The summed E-state index contributed by atoms with van der Waals surface area (Å²) in [5.74, 6) is 1.86.